The van der Waals surface area contributed by atoms with Gasteiger partial charge in [-0.05, 0) is 53.8 Å². The molecule has 0 aliphatic carbocycles. The van der Waals surface area contributed by atoms with Gasteiger partial charge in [-0.1, -0.05) is 39.0 Å². The van der Waals surface area contributed by atoms with Crippen LogP contribution in [0.4, 0.5) is 27.9 Å². The largest absolute Gasteiger partial charge is 0.352 e. The Morgan fingerprint density at radius 1 is 0.879 bits per heavy atom. The first-order chi connectivity index (χ1) is 15.8. The Morgan fingerprint density at radius 3 is 2.15 bits per heavy atom. The van der Waals surface area contributed by atoms with Crippen molar-refractivity contribution >= 4 is 29.2 Å². The highest BCUT2D eigenvalue weighted by Gasteiger charge is 2.22. The van der Waals surface area contributed by atoms with Crippen molar-refractivity contribution in [2.75, 3.05) is 41.7 Å². The summed E-state index contributed by atoms with van der Waals surface area (Å²) in [5.74, 6) is 2.18. The Labute approximate surface area is 195 Å². The van der Waals surface area contributed by atoms with E-state index in [0.29, 0.717) is 32.0 Å². The average molecular weight is 446 g/mol. The van der Waals surface area contributed by atoms with Gasteiger partial charge in [0.1, 0.15) is 5.82 Å². The molecule has 2 amide bonds. The first kappa shape index (κ1) is 22.5. The second kappa shape index (κ2) is 9.44. The normalized spacial score (nSPS) is 14.2. The maximum absolute atomic E-state index is 12.7. The summed E-state index contributed by atoms with van der Waals surface area (Å²) < 4.78 is 0. The molecule has 0 radical (unpaired) electrons. The molecule has 0 saturated carbocycles. The number of aromatic nitrogens is 3. The molecule has 172 valence electrons. The van der Waals surface area contributed by atoms with Crippen molar-refractivity contribution in [2.24, 2.45) is 0 Å². The lowest BCUT2D eigenvalue weighted by Gasteiger charge is -2.35. The van der Waals surface area contributed by atoms with Crippen LogP contribution in [0.2, 0.25) is 0 Å². The number of nitrogens with one attached hydrogen (secondary N) is 2. The fourth-order valence-electron chi connectivity index (χ4n) is 3.63. The summed E-state index contributed by atoms with van der Waals surface area (Å²) in [6.07, 6.45) is 1.81. The minimum atomic E-state index is -0.0746. The maximum atomic E-state index is 12.7. The summed E-state index contributed by atoms with van der Waals surface area (Å²) in [5, 5.41) is 14.8. The van der Waals surface area contributed by atoms with E-state index < -0.39 is 0 Å². The topological polar surface area (TPSA) is 86.3 Å². The zero-order valence-corrected chi connectivity index (χ0v) is 19.7. The average Bonchev–Trinajstić information content (AvgIpc) is 2.81. The third kappa shape index (κ3) is 5.77. The molecule has 0 spiro atoms. The number of benzene rings is 1. The molecule has 3 aromatic rings. The monoisotopic (exact) mass is 445 g/mol. The first-order valence-electron chi connectivity index (χ1n) is 11.2. The van der Waals surface area contributed by atoms with Gasteiger partial charge in [-0.15, -0.1) is 10.2 Å². The summed E-state index contributed by atoms with van der Waals surface area (Å²) in [5.41, 5.74) is 3.25. The molecule has 1 fully saturated rings. The van der Waals surface area contributed by atoms with E-state index in [4.69, 9.17) is 0 Å². The highest BCUT2D eigenvalue weighted by Crippen LogP contribution is 2.24. The van der Waals surface area contributed by atoms with E-state index >= 15 is 0 Å². The quantitative estimate of drug-likeness (QED) is 0.612. The Kier molecular flexibility index (Phi) is 6.44. The Bertz CT molecular complexity index is 1070. The molecule has 8 heteroatoms. The van der Waals surface area contributed by atoms with Gasteiger partial charge in [0, 0.05) is 38.1 Å². The zero-order chi connectivity index (χ0) is 23.4. The van der Waals surface area contributed by atoms with Crippen LogP contribution in [0, 0.1) is 6.92 Å². The van der Waals surface area contributed by atoms with Crippen molar-refractivity contribution in [2.45, 2.75) is 33.1 Å². The molecular weight excluding hydrogens is 414 g/mol. The van der Waals surface area contributed by atoms with Crippen molar-refractivity contribution in [1.82, 2.24) is 20.1 Å². The summed E-state index contributed by atoms with van der Waals surface area (Å²) in [4.78, 5) is 21.0. The van der Waals surface area contributed by atoms with E-state index in [9.17, 15) is 4.79 Å². The van der Waals surface area contributed by atoms with Crippen molar-refractivity contribution in [1.29, 1.82) is 0 Å². The summed E-state index contributed by atoms with van der Waals surface area (Å²) in [7, 11) is 0. The van der Waals surface area contributed by atoms with Crippen LogP contribution in [0.5, 0.6) is 0 Å². The van der Waals surface area contributed by atoms with Crippen LogP contribution in [0.3, 0.4) is 0 Å². The number of hydrogen-bond donors (Lipinski definition) is 2. The Morgan fingerprint density at radius 2 is 1.58 bits per heavy atom. The van der Waals surface area contributed by atoms with Crippen LogP contribution in [0.15, 0.2) is 54.7 Å². The molecule has 4 rings (SSSR count). The van der Waals surface area contributed by atoms with Gasteiger partial charge < -0.3 is 20.4 Å². The molecule has 8 nitrogen and oxygen atoms in total. The van der Waals surface area contributed by atoms with Gasteiger partial charge >= 0.3 is 6.03 Å². The van der Waals surface area contributed by atoms with E-state index in [1.807, 2.05) is 48.2 Å². The number of hydrogen-bond acceptors (Lipinski definition) is 6. The van der Waals surface area contributed by atoms with Crippen molar-refractivity contribution in [3.63, 3.8) is 0 Å². The van der Waals surface area contributed by atoms with Gasteiger partial charge in [0.15, 0.2) is 11.6 Å². The third-order valence-electron chi connectivity index (χ3n) is 5.71. The van der Waals surface area contributed by atoms with Crippen LogP contribution in [0.1, 0.15) is 31.9 Å². The molecular formula is C25H31N7O. The van der Waals surface area contributed by atoms with Gasteiger partial charge in [-0.2, -0.15) is 0 Å². The lowest BCUT2D eigenvalue weighted by atomic mass is 9.87. The number of nitrogens with zero attached hydrogens (tertiary/aromatic N) is 5. The van der Waals surface area contributed by atoms with Crippen molar-refractivity contribution in [3.8, 4) is 0 Å². The van der Waals surface area contributed by atoms with E-state index in [1.54, 1.807) is 6.20 Å². The lowest BCUT2D eigenvalue weighted by molar-refractivity contribution is 0.208. The molecule has 0 bridgehead atoms. The highest BCUT2D eigenvalue weighted by molar-refractivity contribution is 5.89. The highest BCUT2D eigenvalue weighted by atomic mass is 16.2. The number of aryl methyl sites for hydroxylation is 1. The maximum Gasteiger partial charge on any atom is 0.321 e. The molecule has 2 aromatic heterocycles. The fraction of sp³-hybridized carbons (Fsp3) is 0.360. The van der Waals surface area contributed by atoms with Gasteiger partial charge in [-0.25, -0.2) is 9.78 Å². The minimum absolute atomic E-state index is 0.0746. The predicted octanol–water partition coefficient (Wildman–Crippen LogP) is 4.58. The van der Waals surface area contributed by atoms with Gasteiger partial charge in [0.05, 0.1) is 0 Å². The zero-order valence-electron chi connectivity index (χ0n) is 19.7. The number of urea groups is 1. The number of carbonyl (C=O) groups is 1. The molecule has 0 atom stereocenters. The van der Waals surface area contributed by atoms with Gasteiger partial charge in [-0.3, -0.25) is 0 Å². The molecule has 2 N–H and O–H groups in total. The number of pyridine rings is 1. The number of carbonyl (C=O) groups excluding carboxylic acids is 1. The van der Waals surface area contributed by atoms with Crippen LogP contribution >= 0.6 is 0 Å². The lowest BCUT2D eigenvalue weighted by Crippen LogP contribution is -2.50. The summed E-state index contributed by atoms with van der Waals surface area (Å²) >= 11 is 0. The number of rotatable bonds is 4. The minimum Gasteiger partial charge on any atom is -0.352 e. The predicted molar refractivity (Wildman–Crippen MR) is 132 cm³/mol. The van der Waals surface area contributed by atoms with Crippen LogP contribution in [-0.2, 0) is 5.41 Å². The Balaban J connectivity index is 1.28. The molecule has 1 saturated heterocycles. The van der Waals surface area contributed by atoms with Crippen LogP contribution in [-0.4, -0.2) is 52.3 Å². The molecule has 1 aliphatic rings. The third-order valence-corrected chi connectivity index (χ3v) is 5.71. The molecule has 3 heterocycles. The summed E-state index contributed by atoms with van der Waals surface area (Å²) in [6, 6.07) is 15.7. The molecule has 33 heavy (non-hydrogen) atoms. The Hall–Kier alpha value is -3.68. The van der Waals surface area contributed by atoms with Crippen molar-refractivity contribution < 1.29 is 4.79 Å². The second-order valence-electron chi connectivity index (χ2n) is 9.35. The van der Waals surface area contributed by atoms with Gasteiger partial charge in [0.25, 0.3) is 0 Å². The molecule has 1 aliphatic heterocycles. The van der Waals surface area contributed by atoms with Crippen molar-refractivity contribution in [3.05, 3.63) is 65.9 Å². The van der Waals surface area contributed by atoms with E-state index in [-0.39, 0.29) is 11.4 Å². The number of piperazine rings is 1. The summed E-state index contributed by atoms with van der Waals surface area (Å²) in [6.45, 7) is 11.2. The van der Waals surface area contributed by atoms with E-state index in [2.05, 4.69) is 63.6 Å². The smallest absolute Gasteiger partial charge is 0.321 e. The second-order valence-corrected chi connectivity index (χ2v) is 9.35. The van der Waals surface area contributed by atoms with Gasteiger partial charge in [0.2, 0.25) is 0 Å². The van der Waals surface area contributed by atoms with Crippen LogP contribution < -0.4 is 15.5 Å². The van der Waals surface area contributed by atoms with E-state index in [1.165, 1.54) is 5.56 Å². The SMILES string of the molecule is Cc1ccc(Nc2ccc(N3CCN(C(=O)Nc4ccc(C(C)(C)C)cc4)CC3)nn2)nc1. The standard InChI is InChI=1S/C25H31N7O/c1-18-5-10-21(26-17-18)28-22-11-12-23(30-29-22)31-13-15-32(16-14-31)24(33)27-20-8-6-19(7-9-20)25(2,3)4/h5-12,17H,13-16H2,1-4H3,(H,27,33)(H,26,28,29). The molecule has 0 unspecified atom stereocenters. The number of anilines is 4. The number of amides is 2. The first-order valence-corrected chi connectivity index (χ1v) is 11.2. The fourth-order valence-corrected chi connectivity index (χ4v) is 3.63. The van der Waals surface area contributed by atoms with E-state index in [0.717, 1.165) is 22.9 Å². The molecule has 1 aromatic carbocycles. The van der Waals surface area contributed by atoms with Crippen LogP contribution in [0.25, 0.3) is 0 Å².